The van der Waals surface area contributed by atoms with Gasteiger partial charge in [0.05, 0.1) is 24.8 Å². The van der Waals surface area contributed by atoms with Crippen LogP contribution in [0.2, 0.25) is 5.02 Å². The van der Waals surface area contributed by atoms with Gasteiger partial charge in [0.2, 0.25) is 0 Å². The summed E-state index contributed by atoms with van der Waals surface area (Å²) in [4.78, 5) is 4.39. The molecule has 0 radical (unpaired) electrons. The highest BCUT2D eigenvalue weighted by atomic mass is 35.5. The van der Waals surface area contributed by atoms with E-state index in [-0.39, 0.29) is 0 Å². The lowest BCUT2D eigenvalue weighted by Crippen LogP contribution is -2.07. The Morgan fingerprint density at radius 1 is 1.44 bits per heavy atom. The Kier molecular flexibility index (Phi) is 3.89. The van der Waals surface area contributed by atoms with Gasteiger partial charge >= 0.3 is 0 Å². The Bertz CT molecular complexity index is 551. The van der Waals surface area contributed by atoms with Gasteiger partial charge in [0.1, 0.15) is 5.75 Å². The number of nitrogens with zero attached hydrogens (tertiary/aromatic N) is 2. The van der Waals surface area contributed by atoms with Crippen molar-refractivity contribution in [2.75, 3.05) is 14.2 Å². The monoisotopic (exact) mass is 265 g/mol. The van der Waals surface area contributed by atoms with Crippen LogP contribution in [-0.2, 0) is 13.6 Å². The van der Waals surface area contributed by atoms with Gasteiger partial charge in [-0.3, -0.25) is 0 Å². The number of hydrogen-bond acceptors (Lipinski definition) is 3. The lowest BCUT2D eigenvalue weighted by atomic mass is 10.1. The van der Waals surface area contributed by atoms with E-state index in [0.29, 0.717) is 11.6 Å². The average molecular weight is 266 g/mol. The van der Waals surface area contributed by atoms with Crippen LogP contribution in [0.25, 0.3) is 11.3 Å². The summed E-state index contributed by atoms with van der Waals surface area (Å²) in [5.41, 5.74) is 2.94. The van der Waals surface area contributed by atoms with Gasteiger partial charge in [-0.25, -0.2) is 4.98 Å². The fourth-order valence-corrected chi connectivity index (χ4v) is 2.16. The number of aromatic nitrogens is 2. The van der Waals surface area contributed by atoms with E-state index in [1.165, 1.54) is 0 Å². The molecule has 0 unspecified atom stereocenters. The fourth-order valence-electron chi connectivity index (χ4n) is 1.99. The highest BCUT2D eigenvalue weighted by molar-refractivity contribution is 6.31. The minimum Gasteiger partial charge on any atom is -0.496 e. The summed E-state index contributed by atoms with van der Waals surface area (Å²) in [5, 5.41) is 3.79. The van der Waals surface area contributed by atoms with Crippen LogP contribution in [0, 0.1) is 0 Å². The van der Waals surface area contributed by atoms with Crippen molar-refractivity contribution in [3.05, 3.63) is 35.2 Å². The molecule has 1 aromatic heterocycles. The molecule has 0 aliphatic rings. The van der Waals surface area contributed by atoms with Gasteiger partial charge < -0.3 is 14.6 Å². The molecule has 18 heavy (non-hydrogen) atoms. The average Bonchev–Trinajstić information content (AvgIpc) is 2.71. The van der Waals surface area contributed by atoms with Crippen molar-refractivity contribution < 1.29 is 4.74 Å². The molecule has 0 aliphatic carbocycles. The van der Waals surface area contributed by atoms with Crippen LogP contribution in [0.5, 0.6) is 5.75 Å². The van der Waals surface area contributed by atoms with E-state index in [2.05, 4.69) is 10.3 Å². The second kappa shape index (κ2) is 5.42. The molecule has 0 aliphatic heterocycles. The predicted octanol–water partition coefficient (Wildman–Crippen LogP) is 2.47. The van der Waals surface area contributed by atoms with Crippen molar-refractivity contribution in [2.24, 2.45) is 7.05 Å². The third-order valence-corrected chi connectivity index (χ3v) is 3.01. The van der Waals surface area contributed by atoms with E-state index >= 15 is 0 Å². The molecule has 0 saturated heterocycles. The predicted molar refractivity (Wildman–Crippen MR) is 73.0 cm³/mol. The first kappa shape index (κ1) is 12.9. The van der Waals surface area contributed by atoms with Crippen LogP contribution in [0.1, 0.15) is 5.69 Å². The quantitative estimate of drug-likeness (QED) is 0.923. The zero-order valence-electron chi connectivity index (χ0n) is 10.7. The third kappa shape index (κ3) is 2.35. The standard InChI is InChI=1S/C13H16ClN3O/c1-15-7-11-13(17(2)8-16-11)10-6-9(14)4-5-12(10)18-3/h4-6,8,15H,7H2,1-3H3. The van der Waals surface area contributed by atoms with E-state index in [4.69, 9.17) is 16.3 Å². The molecule has 0 saturated carbocycles. The SMILES string of the molecule is CNCc1ncn(C)c1-c1cc(Cl)ccc1OC. The first-order chi connectivity index (χ1) is 8.67. The summed E-state index contributed by atoms with van der Waals surface area (Å²) < 4.78 is 7.37. The normalized spacial score (nSPS) is 10.7. The van der Waals surface area contributed by atoms with Gasteiger partial charge in [-0.1, -0.05) is 11.6 Å². The van der Waals surface area contributed by atoms with Gasteiger partial charge in [-0.05, 0) is 25.2 Å². The molecule has 5 heteroatoms. The van der Waals surface area contributed by atoms with Crippen LogP contribution in [-0.4, -0.2) is 23.7 Å². The van der Waals surface area contributed by atoms with Crippen molar-refractivity contribution in [2.45, 2.75) is 6.54 Å². The maximum Gasteiger partial charge on any atom is 0.128 e. The van der Waals surface area contributed by atoms with Crippen molar-refractivity contribution in [3.8, 4) is 17.0 Å². The molecule has 0 bridgehead atoms. The molecule has 0 spiro atoms. The van der Waals surface area contributed by atoms with Crippen LogP contribution < -0.4 is 10.1 Å². The number of methoxy groups -OCH3 is 1. The number of imidazole rings is 1. The summed E-state index contributed by atoms with van der Waals surface area (Å²) in [5.74, 6) is 0.792. The number of rotatable bonds is 4. The second-order valence-corrected chi connectivity index (χ2v) is 4.46. The van der Waals surface area contributed by atoms with Crippen molar-refractivity contribution in [3.63, 3.8) is 0 Å². The molecule has 2 rings (SSSR count). The number of benzene rings is 1. The summed E-state index contributed by atoms with van der Waals surface area (Å²) >= 11 is 6.07. The molecule has 0 fully saturated rings. The molecule has 1 aromatic carbocycles. The van der Waals surface area contributed by atoms with E-state index < -0.39 is 0 Å². The largest absolute Gasteiger partial charge is 0.496 e. The van der Waals surface area contributed by atoms with Crippen LogP contribution in [0.4, 0.5) is 0 Å². The van der Waals surface area contributed by atoms with E-state index in [9.17, 15) is 0 Å². The zero-order chi connectivity index (χ0) is 13.1. The molecule has 2 aromatic rings. The molecule has 1 heterocycles. The Morgan fingerprint density at radius 2 is 2.22 bits per heavy atom. The molecule has 1 N–H and O–H groups in total. The maximum atomic E-state index is 6.07. The Hall–Kier alpha value is -1.52. The highest BCUT2D eigenvalue weighted by Crippen LogP contribution is 2.33. The Morgan fingerprint density at radius 3 is 2.89 bits per heavy atom. The van der Waals surface area contributed by atoms with Gasteiger partial charge in [0, 0.05) is 24.2 Å². The smallest absolute Gasteiger partial charge is 0.128 e. The summed E-state index contributed by atoms with van der Waals surface area (Å²) in [6, 6.07) is 5.59. The van der Waals surface area contributed by atoms with E-state index in [0.717, 1.165) is 22.7 Å². The second-order valence-electron chi connectivity index (χ2n) is 4.03. The molecule has 96 valence electrons. The van der Waals surface area contributed by atoms with Crippen LogP contribution in [0.3, 0.4) is 0 Å². The van der Waals surface area contributed by atoms with Gasteiger partial charge in [0.25, 0.3) is 0 Å². The summed E-state index contributed by atoms with van der Waals surface area (Å²) in [7, 11) is 5.51. The lowest BCUT2D eigenvalue weighted by molar-refractivity contribution is 0.416. The molecule has 4 nitrogen and oxygen atoms in total. The van der Waals surface area contributed by atoms with Crippen LogP contribution in [0.15, 0.2) is 24.5 Å². The first-order valence-electron chi connectivity index (χ1n) is 5.66. The zero-order valence-corrected chi connectivity index (χ0v) is 11.5. The minimum atomic E-state index is 0.683. The number of nitrogens with one attached hydrogen (secondary N) is 1. The van der Waals surface area contributed by atoms with Crippen molar-refractivity contribution in [1.82, 2.24) is 14.9 Å². The van der Waals surface area contributed by atoms with Crippen molar-refractivity contribution in [1.29, 1.82) is 0 Å². The molecule has 0 amide bonds. The maximum absolute atomic E-state index is 6.07. The van der Waals surface area contributed by atoms with Crippen molar-refractivity contribution >= 4 is 11.6 Å². The van der Waals surface area contributed by atoms with Gasteiger partial charge in [-0.15, -0.1) is 0 Å². The van der Waals surface area contributed by atoms with Gasteiger partial charge in [0.15, 0.2) is 0 Å². The number of halogens is 1. The Balaban J connectivity index is 2.60. The Labute approximate surface area is 112 Å². The van der Waals surface area contributed by atoms with Crippen LogP contribution >= 0.6 is 11.6 Å². The number of aryl methyl sites for hydroxylation is 1. The number of hydrogen-bond donors (Lipinski definition) is 1. The molecular formula is C13H16ClN3O. The highest BCUT2D eigenvalue weighted by Gasteiger charge is 2.15. The summed E-state index contributed by atoms with van der Waals surface area (Å²) in [6.45, 7) is 0.700. The molecular weight excluding hydrogens is 250 g/mol. The summed E-state index contributed by atoms with van der Waals surface area (Å²) in [6.07, 6.45) is 1.79. The fraction of sp³-hybridized carbons (Fsp3) is 0.308. The van der Waals surface area contributed by atoms with E-state index in [1.54, 1.807) is 13.4 Å². The number of ether oxygens (including phenoxy) is 1. The van der Waals surface area contributed by atoms with Gasteiger partial charge in [-0.2, -0.15) is 0 Å². The lowest BCUT2D eigenvalue weighted by Gasteiger charge is -2.11. The molecule has 0 atom stereocenters. The minimum absolute atomic E-state index is 0.683. The third-order valence-electron chi connectivity index (χ3n) is 2.77. The van der Waals surface area contributed by atoms with E-state index in [1.807, 2.05) is 36.9 Å². The topological polar surface area (TPSA) is 39.1 Å². The first-order valence-corrected chi connectivity index (χ1v) is 6.04.